The third-order valence-corrected chi connectivity index (χ3v) is 3.59. The summed E-state index contributed by atoms with van der Waals surface area (Å²) < 4.78 is 15.6. The topological polar surface area (TPSA) is 67.2 Å². The molecule has 0 atom stereocenters. The molecular formula is C16H14FN3O2. The number of nitrogens with zero attached hydrogens (tertiary/aromatic N) is 2. The van der Waals surface area contributed by atoms with Crippen LogP contribution in [0.4, 0.5) is 15.8 Å². The summed E-state index contributed by atoms with van der Waals surface area (Å²) in [4.78, 5) is 15.6. The minimum atomic E-state index is -1.09. The van der Waals surface area contributed by atoms with Crippen LogP contribution in [0.2, 0.25) is 0 Å². The number of nitrogens with one attached hydrogen (secondary N) is 1. The van der Waals surface area contributed by atoms with Crippen molar-refractivity contribution >= 4 is 28.2 Å². The Morgan fingerprint density at radius 2 is 2.14 bits per heavy atom. The van der Waals surface area contributed by atoms with Crippen molar-refractivity contribution in [2.45, 2.75) is 6.92 Å². The average Bonchev–Trinajstić information content (AvgIpc) is 2.75. The van der Waals surface area contributed by atoms with E-state index in [0.717, 1.165) is 5.56 Å². The third kappa shape index (κ3) is 2.18. The number of carboxylic acid groups (broad SMARTS) is 1. The molecule has 5 nitrogen and oxygen atoms in total. The fourth-order valence-electron chi connectivity index (χ4n) is 2.52. The number of carbonyl (C=O) groups is 1. The van der Waals surface area contributed by atoms with Gasteiger partial charge in [0.15, 0.2) is 5.69 Å². The summed E-state index contributed by atoms with van der Waals surface area (Å²) in [7, 11) is 1.66. The molecule has 0 aliphatic rings. The van der Waals surface area contributed by atoms with Gasteiger partial charge in [-0.3, -0.25) is 4.98 Å². The highest BCUT2D eigenvalue weighted by Gasteiger charge is 2.21. The second kappa shape index (κ2) is 5.14. The van der Waals surface area contributed by atoms with Crippen LogP contribution in [0, 0.1) is 12.7 Å². The van der Waals surface area contributed by atoms with Crippen LogP contribution in [0.5, 0.6) is 0 Å². The fraction of sp³-hybridized carbons (Fsp3) is 0.125. The smallest absolute Gasteiger partial charge is 0.354 e. The van der Waals surface area contributed by atoms with Crippen molar-refractivity contribution < 1.29 is 14.3 Å². The second-order valence-electron chi connectivity index (χ2n) is 5.09. The molecular weight excluding hydrogens is 285 g/mol. The number of aromatic carboxylic acids is 1. The molecule has 1 aromatic carbocycles. The molecule has 22 heavy (non-hydrogen) atoms. The number of rotatable bonds is 3. The Hall–Kier alpha value is -2.89. The van der Waals surface area contributed by atoms with E-state index in [1.807, 2.05) is 0 Å². The fourth-order valence-corrected chi connectivity index (χ4v) is 2.52. The highest BCUT2D eigenvalue weighted by atomic mass is 19.1. The van der Waals surface area contributed by atoms with E-state index in [1.165, 1.54) is 6.07 Å². The molecule has 0 fully saturated rings. The molecule has 3 rings (SSSR count). The minimum absolute atomic E-state index is 0.0583. The van der Waals surface area contributed by atoms with Crippen molar-refractivity contribution in [1.82, 2.24) is 9.55 Å². The minimum Gasteiger partial charge on any atom is -0.477 e. The number of halogens is 1. The predicted octanol–water partition coefficient (Wildman–Crippen LogP) is 3.46. The lowest BCUT2D eigenvalue weighted by Crippen LogP contribution is -2.07. The predicted molar refractivity (Wildman–Crippen MR) is 82.1 cm³/mol. The van der Waals surface area contributed by atoms with Crippen molar-refractivity contribution in [3.8, 4) is 0 Å². The molecule has 0 aliphatic heterocycles. The number of aryl methyl sites for hydroxylation is 2. The molecule has 0 amide bonds. The highest BCUT2D eigenvalue weighted by Crippen LogP contribution is 2.33. The molecule has 0 unspecified atom stereocenters. The van der Waals surface area contributed by atoms with Crippen molar-refractivity contribution in [3.63, 3.8) is 0 Å². The van der Waals surface area contributed by atoms with Gasteiger partial charge in [-0.1, -0.05) is 6.07 Å². The van der Waals surface area contributed by atoms with Gasteiger partial charge in [-0.25, -0.2) is 9.18 Å². The Morgan fingerprint density at radius 1 is 1.36 bits per heavy atom. The van der Waals surface area contributed by atoms with Crippen LogP contribution >= 0.6 is 0 Å². The molecule has 112 valence electrons. The zero-order valence-corrected chi connectivity index (χ0v) is 12.1. The van der Waals surface area contributed by atoms with Gasteiger partial charge in [-0.05, 0) is 30.7 Å². The van der Waals surface area contributed by atoms with Gasteiger partial charge in [0.25, 0.3) is 0 Å². The first-order valence-corrected chi connectivity index (χ1v) is 6.68. The van der Waals surface area contributed by atoms with Crippen LogP contribution in [0.3, 0.4) is 0 Å². The van der Waals surface area contributed by atoms with Gasteiger partial charge in [-0.2, -0.15) is 0 Å². The van der Waals surface area contributed by atoms with E-state index < -0.39 is 11.8 Å². The number of hydrogen-bond acceptors (Lipinski definition) is 3. The SMILES string of the molecule is Cc1ccc(Nc2c(C(=O)O)n(C)c3ccncc23)c(F)c1. The summed E-state index contributed by atoms with van der Waals surface area (Å²) in [5.74, 6) is -1.52. The summed E-state index contributed by atoms with van der Waals surface area (Å²) in [5, 5.41) is 13.0. The molecule has 0 saturated carbocycles. The molecule has 3 aromatic rings. The molecule has 2 aromatic heterocycles. The normalized spacial score (nSPS) is 10.9. The van der Waals surface area contributed by atoms with Crippen LogP contribution in [0.15, 0.2) is 36.7 Å². The number of hydrogen-bond donors (Lipinski definition) is 2. The van der Waals surface area contributed by atoms with E-state index in [0.29, 0.717) is 16.6 Å². The lowest BCUT2D eigenvalue weighted by atomic mass is 10.2. The largest absolute Gasteiger partial charge is 0.477 e. The first-order valence-electron chi connectivity index (χ1n) is 6.68. The van der Waals surface area contributed by atoms with E-state index in [2.05, 4.69) is 10.3 Å². The summed E-state index contributed by atoms with van der Waals surface area (Å²) in [6.45, 7) is 1.79. The second-order valence-corrected chi connectivity index (χ2v) is 5.09. The highest BCUT2D eigenvalue weighted by molar-refractivity contribution is 6.07. The van der Waals surface area contributed by atoms with Crippen molar-refractivity contribution in [2.24, 2.45) is 7.05 Å². The summed E-state index contributed by atoms with van der Waals surface area (Å²) in [5.41, 5.74) is 2.12. The maximum absolute atomic E-state index is 14.0. The van der Waals surface area contributed by atoms with Crippen LogP contribution in [-0.2, 0) is 7.05 Å². The summed E-state index contributed by atoms with van der Waals surface area (Å²) in [6, 6.07) is 6.46. The van der Waals surface area contributed by atoms with Crippen molar-refractivity contribution in [3.05, 3.63) is 53.7 Å². The summed E-state index contributed by atoms with van der Waals surface area (Å²) in [6.07, 6.45) is 3.15. The third-order valence-electron chi connectivity index (χ3n) is 3.59. The van der Waals surface area contributed by atoms with Crippen LogP contribution < -0.4 is 5.32 Å². The zero-order chi connectivity index (χ0) is 15.9. The van der Waals surface area contributed by atoms with Gasteiger partial charge in [-0.15, -0.1) is 0 Å². The Bertz CT molecular complexity index is 886. The summed E-state index contributed by atoms with van der Waals surface area (Å²) >= 11 is 0. The monoisotopic (exact) mass is 299 g/mol. The Labute approximate surface area is 126 Å². The Kier molecular flexibility index (Phi) is 3.29. The number of carboxylic acids is 1. The molecule has 6 heteroatoms. The molecule has 2 heterocycles. The Morgan fingerprint density at radius 3 is 2.82 bits per heavy atom. The standard InChI is InChI=1S/C16H14FN3O2/c1-9-3-4-12(11(17)7-9)19-14-10-8-18-6-5-13(10)20(2)15(14)16(21)22/h3-8,19H,1-2H3,(H,21,22). The van der Waals surface area contributed by atoms with Gasteiger partial charge < -0.3 is 15.0 Å². The van der Waals surface area contributed by atoms with Crippen LogP contribution in [-0.4, -0.2) is 20.6 Å². The number of fused-ring (bicyclic) bond motifs is 1. The molecule has 0 radical (unpaired) electrons. The van der Waals surface area contributed by atoms with Crippen molar-refractivity contribution in [2.75, 3.05) is 5.32 Å². The van der Waals surface area contributed by atoms with Gasteiger partial charge in [0, 0.05) is 24.8 Å². The zero-order valence-electron chi connectivity index (χ0n) is 12.1. The number of pyridine rings is 1. The maximum Gasteiger partial charge on any atom is 0.354 e. The lowest BCUT2D eigenvalue weighted by molar-refractivity contribution is 0.0688. The molecule has 0 spiro atoms. The van der Waals surface area contributed by atoms with E-state index >= 15 is 0 Å². The van der Waals surface area contributed by atoms with Crippen LogP contribution in [0.25, 0.3) is 10.9 Å². The number of aromatic nitrogens is 2. The lowest BCUT2D eigenvalue weighted by Gasteiger charge is -2.09. The quantitative estimate of drug-likeness (QED) is 0.777. The van der Waals surface area contributed by atoms with E-state index in [4.69, 9.17) is 0 Å². The molecule has 2 N–H and O–H groups in total. The van der Waals surface area contributed by atoms with Gasteiger partial charge in [0.1, 0.15) is 5.82 Å². The molecule has 0 saturated heterocycles. The average molecular weight is 299 g/mol. The number of anilines is 2. The van der Waals surface area contributed by atoms with Crippen molar-refractivity contribution in [1.29, 1.82) is 0 Å². The maximum atomic E-state index is 14.0. The van der Waals surface area contributed by atoms with E-state index in [1.54, 1.807) is 49.1 Å². The van der Waals surface area contributed by atoms with E-state index in [-0.39, 0.29) is 11.4 Å². The molecule has 0 aliphatic carbocycles. The first kappa shape index (κ1) is 14.1. The molecule has 0 bridgehead atoms. The van der Waals surface area contributed by atoms with Crippen LogP contribution in [0.1, 0.15) is 16.1 Å². The van der Waals surface area contributed by atoms with Gasteiger partial charge in [0.05, 0.1) is 16.9 Å². The van der Waals surface area contributed by atoms with E-state index in [9.17, 15) is 14.3 Å². The Balaban J connectivity index is 2.21. The first-order chi connectivity index (χ1) is 10.5. The number of benzene rings is 1. The van der Waals surface area contributed by atoms with Gasteiger partial charge >= 0.3 is 5.97 Å². The van der Waals surface area contributed by atoms with Gasteiger partial charge in [0.2, 0.25) is 0 Å².